The summed E-state index contributed by atoms with van der Waals surface area (Å²) in [5.41, 5.74) is 1.24. The van der Waals surface area contributed by atoms with Crippen molar-refractivity contribution in [3.05, 3.63) is 16.8 Å². The summed E-state index contributed by atoms with van der Waals surface area (Å²) in [4.78, 5) is 33.5. The van der Waals surface area contributed by atoms with Gasteiger partial charge >= 0.3 is 6.03 Å². The summed E-state index contributed by atoms with van der Waals surface area (Å²) < 4.78 is 5.54. The largest absolute Gasteiger partial charge is 0.467 e. The van der Waals surface area contributed by atoms with Crippen LogP contribution < -0.4 is 15.4 Å². The van der Waals surface area contributed by atoms with E-state index in [9.17, 15) is 9.59 Å². The maximum atomic E-state index is 11.7. The molecular formula is C15H18N4O3S. The Bertz CT molecular complexity index is 759. The van der Waals surface area contributed by atoms with Crippen molar-refractivity contribution in [2.75, 3.05) is 13.7 Å². The molecular weight excluding hydrogens is 316 g/mol. The van der Waals surface area contributed by atoms with Crippen LogP contribution in [0.25, 0.3) is 10.2 Å². The van der Waals surface area contributed by atoms with Crippen LogP contribution in [0.3, 0.4) is 0 Å². The molecule has 7 nitrogen and oxygen atoms in total. The number of hydrogen-bond acceptors (Lipinski definition) is 6. The first-order chi connectivity index (χ1) is 11.1. The van der Waals surface area contributed by atoms with Gasteiger partial charge in [0.2, 0.25) is 5.88 Å². The lowest BCUT2D eigenvalue weighted by Gasteiger charge is -2.18. The van der Waals surface area contributed by atoms with Crippen LogP contribution in [0.1, 0.15) is 23.8 Å². The Hall–Kier alpha value is -2.22. The van der Waals surface area contributed by atoms with E-state index in [1.54, 1.807) is 11.3 Å². The minimum atomic E-state index is -0.562. The Balaban J connectivity index is 1.81. The Kier molecular flexibility index (Phi) is 4.42. The molecule has 0 aliphatic heterocycles. The molecule has 0 fully saturated rings. The Labute approximate surface area is 137 Å². The quantitative estimate of drug-likeness (QED) is 0.890. The molecule has 2 aromatic heterocycles. The first kappa shape index (κ1) is 15.7. The summed E-state index contributed by atoms with van der Waals surface area (Å²) in [6.07, 6.45) is 4.60. The number of hydrogen-bond donors (Lipinski definition) is 2. The number of imide groups is 1. The molecule has 8 heteroatoms. The number of nitrogens with zero attached hydrogens (tertiary/aromatic N) is 2. The van der Waals surface area contributed by atoms with Crippen molar-refractivity contribution >= 4 is 33.5 Å². The lowest BCUT2D eigenvalue weighted by molar-refractivity contribution is -0.122. The molecule has 0 saturated carbocycles. The molecule has 1 aliphatic rings. The molecule has 122 valence electrons. The fraction of sp³-hybridized carbons (Fsp3) is 0.467. The van der Waals surface area contributed by atoms with Gasteiger partial charge in [-0.25, -0.2) is 14.8 Å². The molecule has 0 spiro atoms. The highest BCUT2D eigenvalue weighted by Crippen LogP contribution is 2.40. The van der Waals surface area contributed by atoms with Crippen LogP contribution in [0.4, 0.5) is 4.79 Å². The molecule has 2 aromatic rings. The van der Waals surface area contributed by atoms with Gasteiger partial charge in [-0.2, -0.15) is 0 Å². The number of carbonyl (C=O) groups is 2. The Morgan fingerprint density at radius 2 is 2.26 bits per heavy atom. The van der Waals surface area contributed by atoms with Crippen molar-refractivity contribution < 1.29 is 14.3 Å². The maximum absolute atomic E-state index is 11.7. The monoisotopic (exact) mass is 334 g/mol. The van der Waals surface area contributed by atoms with Crippen molar-refractivity contribution in [3.8, 4) is 5.88 Å². The van der Waals surface area contributed by atoms with Crippen LogP contribution in [-0.4, -0.2) is 35.6 Å². The predicted molar refractivity (Wildman–Crippen MR) is 86.7 cm³/mol. The van der Waals surface area contributed by atoms with Gasteiger partial charge in [-0.15, -0.1) is 11.3 Å². The van der Waals surface area contributed by atoms with Crippen LogP contribution in [-0.2, 0) is 17.6 Å². The van der Waals surface area contributed by atoms with Crippen molar-refractivity contribution in [1.29, 1.82) is 0 Å². The summed E-state index contributed by atoms with van der Waals surface area (Å²) in [6.45, 7) is 1.99. The van der Waals surface area contributed by atoms with E-state index < -0.39 is 11.9 Å². The van der Waals surface area contributed by atoms with Gasteiger partial charge in [-0.3, -0.25) is 10.1 Å². The second-order valence-electron chi connectivity index (χ2n) is 5.63. The van der Waals surface area contributed by atoms with E-state index in [4.69, 9.17) is 4.74 Å². The molecule has 0 bridgehead atoms. The van der Waals surface area contributed by atoms with E-state index in [2.05, 4.69) is 27.5 Å². The first-order valence-electron chi connectivity index (χ1n) is 7.48. The Morgan fingerprint density at radius 1 is 1.43 bits per heavy atom. The van der Waals surface area contributed by atoms with Gasteiger partial charge in [0.05, 0.1) is 5.39 Å². The number of carbonyl (C=O) groups excluding carboxylic acids is 2. The van der Waals surface area contributed by atoms with Crippen LogP contribution >= 0.6 is 11.3 Å². The molecule has 0 unspecified atom stereocenters. The third-order valence-corrected chi connectivity index (χ3v) is 5.04. The third-order valence-electron chi connectivity index (χ3n) is 3.88. The number of fused-ring (bicyclic) bond motifs is 3. The van der Waals surface area contributed by atoms with Gasteiger partial charge in [-0.1, -0.05) is 6.92 Å². The third kappa shape index (κ3) is 3.26. The van der Waals surface area contributed by atoms with Gasteiger partial charge in [0.15, 0.2) is 6.61 Å². The molecule has 1 atom stereocenters. The molecule has 0 saturated heterocycles. The van der Waals surface area contributed by atoms with Crippen molar-refractivity contribution in [2.45, 2.75) is 26.2 Å². The van der Waals surface area contributed by atoms with Gasteiger partial charge in [0.1, 0.15) is 11.2 Å². The molecule has 23 heavy (non-hydrogen) atoms. The number of ether oxygens (including phenoxy) is 1. The zero-order valence-electron chi connectivity index (χ0n) is 13.0. The van der Waals surface area contributed by atoms with Crippen LogP contribution in [0.2, 0.25) is 0 Å². The summed E-state index contributed by atoms with van der Waals surface area (Å²) in [5.74, 6) is 0.564. The summed E-state index contributed by atoms with van der Waals surface area (Å²) in [7, 11) is 1.44. The molecule has 2 N–H and O–H groups in total. The van der Waals surface area contributed by atoms with Gasteiger partial charge in [0, 0.05) is 11.9 Å². The fourth-order valence-electron chi connectivity index (χ4n) is 2.71. The molecule has 0 aromatic carbocycles. The highest BCUT2D eigenvalue weighted by atomic mass is 32.1. The summed E-state index contributed by atoms with van der Waals surface area (Å²) >= 11 is 1.67. The zero-order valence-corrected chi connectivity index (χ0v) is 13.8. The van der Waals surface area contributed by atoms with Crippen LogP contribution in [0.15, 0.2) is 6.33 Å². The van der Waals surface area contributed by atoms with Crippen molar-refractivity contribution in [2.24, 2.45) is 5.92 Å². The standard InChI is InChI=1S/C15H18N4O3S/c1-8-3-4-9-10(5-8)23-14-12(9)13(17-7-18-14)22-6-11(20)19-15(21)16-2/h7-8H,3-6H2,1-2H3,(H2,16,19,20,21)/t8-/m1/s1. The van der Waals surface area contributed by atoms with Gasteiger partial charge < -0.3 is 10.1 Å². The maximum Gasteiger partial charge on any atom is 0.321 e. The average Bonchev–Trinajstić information content (AvgIpc) is 2.90. The predicted octanol–water partition coefficient (Wildman–Crippen LogP) is 1.65. The number of aryl methyl sites for hydroxylation is 1. The van der Waals surface area contributed by atoms with Crippen molar-refractivity contribution in [3.63, 3.8) is 0 Å². The number of nitrogens with one attached hydrogen (secondary N) is 2. The highest BCUT2D eigenvalue weighted by Gasteiger charge is 2.23. The van der Waals surface area contributed by atoms with E-state index in [1.165, 1.54) is 23.8 Å². The van der Waals surface area contributed by atoms with Crippen LogP contribution in [0, 0.1) is 5.92 Å². The van der Waals surface area contributed by atoms with E-state index in [0.717, 1.165) is 29.5 Å². The normalized spacial score (nSPS) is 16.7. The van der Waals surface area contributed by atoms with E-state index >= 15 is 0 Å². The first-order valence-corrected chi connectivity index (χ1v) is 8.29. The minimum Gasteiger partial charge on any atom is -0.467 e. The molecule has 3 amide bonds. The molecule has 1 aliphatic carbocycles. The summed E-state index contributed by atoms with van der Waals surface area (Å²) in [6, 6.07) is -0.562. The lowest BCUT2D eigenvalue weighted by atomic mass is 9.89. The van der Waals surface area contributed by atoms with Gasteiger partial charge in [0.25, 0.3) is 5.91 Å². The highest BCUT2D eigenvalue weighted by molar-refractivity contribution is 7.18. The Morgan fingerprint density at radius 3 is 3.04 bits per heavy atom. The SMILES string of the molecule is CNC(=O)NC(=O)COc1ncnc2sc3c(c12)CC[C@@H](C)C3. The van der Waals surface area contributed by atoms with E-state index in [-0.39, 0.29) is 6.61 Å². The average molecular weight is 334 g/mol. The molecule has 2 heterocycles. The number of urea groups is 1. The zero-order chi connectivity index (χ0) is 16.4. The second-order valence-corrected chi connectivity index (χ2v) is 6.71. The van der Waals surface area contributed by atoms with Crippen LogP contribution in [0.5, 0.6) is 5.88 Å². The smallest absolute Gasteiger partial charge is 0.321 e. The number of aromatic nitrogens is 2. The number of amides is 3. The lowest BCUT2D eigenvalue weighted by Crippen LogP contribution is -2.40. The fourth-order valence-corrected chi connectivity index (χ4v) is 4.06. The van der Waals surface area contributed by atoms with E-state index in [1.807, 2.05) is 0 Å². The molecule has 0 radical (unpaired) electrons. The number of thiophene rings is 1. The van der Waals surface area contributed by atoms with Crippen molar-refractivity contribution in [1.82, 2.24) is 20.6 Å². The topological polar surface area (TPSA) is 93.2 Å². The minimum absolute atomic E-state index is 0.263. The van der Waals surface area contributed by atoms with Gasteiger partial charge in [-0.05, 0) is 30.7 Å². The number of rotatable bonds is 3. The van der Waals surface area contributed by atoms with E-state index in [0.29, 0.717) is 11.8 Å². The second kappa shape index (κ2) is 6.49. The molecule has 3 rings (SSSR count). The summed E-state index contributed by atoms with van der Waals surface area (Å²) in [5, 5.41) is 5.38.